The molecule has 3 heteroatoms. The molecule has 0 aliphatic rings. The number of benzene rings is 2. The van der Waals surface area contributed by atoms with Crippen LogP contribution in [0.2, 0.25) is 0 Å². The highest BCUT2D eigenvalue weighted by Gasteiger charge is 2.12. The van der Waals surface area contributed by atoms with E-state index < -0.39 is 0 Å². The zero-order valence-electron chi connectivity index (χ0n) is 12.9. The van der Waals surface area contributed by atoms with Crippen LogP contribution in [0.3, 0.4) is 0 Å². The highest BCUT2D eigenvalue weighted by Crippen LogP contribution is 2.38. The minimum atomic E-state index is 0.645. The molecule has 2 aromatic rings. The van der Waals surface area contributed by atoms with Crippen LogP contribution in [-0.4, -0.2) is 21.3 Å². The van der Waals surface area contributed by atoms with Crippen LogP contribution in [0.15, 0.2) is 42.5 Å². The van der Waals surface area contributed by atoms with Crippen LogP contribution in [-0.2, 0) is 12.8 Å². The van der Waals surface area contributed by atoms with Gasteiger partial charge in [-0.15, -0.1) is 0 Å². The molecule has 0 heterocycles. The Morgan fingerprint density at radius 3 is 1.81 bits per heavy atom. The molecule has 0 unspecified atom stereocenters. The lowest BCUT2D eigenvalue weighted by Gasteiger charge is -2.14. The molecule has 0 N–H and O–H groups in total. The first kappa shape index (κ1) is 15.2. The van der Waals surface area contributed by atoms with Crippen molar-refractivity contribution >= 4 is 0 Å². The molecular formula is C18H22O3. The Balaban J connectivity index is 2.06. The lowest BCUT2D eigenvalue weighted by Crippen LogP contribution is -1.98. The van der Waals surface area contributed by atoms with Gasteiger partial charge in [-0.3, -0.25) is 0 Å². The van der Waals surface area contributed by atoms with Crippen molar-refractivity contribution in [2.45, 2.75) is 19.3 Å². The van der Waals surface area contributed by atoms with Crippen LogP contribution in [0.5, 0.6) is 17.2 Å². The standard InChI is InChI=1S/C18H22O3/c1-19-16-12-15(13-17(20-2)18(16)21-3)11-7-10-14-8-5-4-6-9-14/h4-6,8-9,12-13H,7,10-11H2,1-3H3. The van der Waals surface area contributed by atoms with Gasteiger partial charge in [0.1, 0.15) is 0 Å². The zero-order valence-corrected chi connectivity index (χ0v) is 12.9. The van der Waals surface area contributed by atoms with Crippen molar-refractivity contribution in [1.29, 1.82) is 0 Å². The molecule has 0 bridgehead atoms. The molecule has 2 rings (SSSR count). The third-order valence-electron chi connectivity index (χ3n) is 3.50. The Hall–Kier alpha value is -2.16. The van der Waals surface area contributed by atoms with Crippen LogP contribution >= 0.6 is 0 Å². The molecule has 0 radical (unpaired) electrons. The summed E-state index contributed by atoms with van der Waals surface area (Å²) in [5.74, 6) is 2.07. The first-order valence-electron chi connectivity index (χ1n) is 7.11. The summed E-state index contributed by atoms with van der Waals surface area (Å²) < 4.78 is 16.1. The molecule has 0 aliphatic heterocycles. The topological polar surface area (TPSA) is 27.7 Å². The number of ether oxygens (including phenoxy) is 3. The van der Waals surface area contributed by atoms with E-state index in [0.29, 0.717) is 17.2 Å². The molecule has 0 aliphatic carbocycles. The van der Waals surface area contributed by atoms with Crippen LogP contribution in [0, 0.1) is 0 Å². The number of rotatable bonds is 7. The van der Waals surface area contributed by atoms with Crippen molar-refractivity contribution in [1.82, 2.24) is 0 Å². The van der Waals surface area contributed by atoms with Crippen molar-refractivity contribution in [3.8, 4) is 17.2 Å². The molecule has 0 fully saturated rings. The monoisotopic (exact) mass is 286 g/mol. The first-order valence-corrected chi connectivity index (χ1v) is 7.11. The number of aryl methyl sites for hydroxylation is 2. The molecule has 0 amide bonds. The fourth-order valence-corrected chi connectivity index (χ4v) is 2.42. The Morgan fingerprint density at radius 2 is 1.29 bits per heavy atom. The zero-order chi connectivity index (χ0) is 15.1. The van der Waals surface area contributed by atoms with Gasteiger partial charge >= 0.3 is 0 Å². The van der Waals surface area contributed by atoms with Gasteiger partial charge < -0.3 is 14.2 Å². The molecule has 0 aromatic heterocycles. The fraction of sp³-hybridized carbons (Fsp3) is 0.333. The smallest absolute Gasteiger partial charge is 0.203 e. The average molecular weight is 286 g/mol. The van der Waals surface area contributed by atoms with E-state index in [2.05, 4.69) is 24.3 Å². The summed E-state index contributed by atoms with van der Waals surface area (Å²) in [6.07, 6.45) is 3.13. The normalized spacial score (nSPS) is 10.2. The van der Waals surface area contributed by atoms with Crippen LogP contribution in [0.4, 0.5) is 0 Å². The van der Waals surface area contributed by atoms with Gasteiger partial charge in [0.2, 0.25) is 5.75 Å². The third-order valence-corrected chi connectivity index (χ3v) is 3.50. The van der Waals surface area contributed by atoms with Gasteiger partial charge in [-0.1, -0.05) is 30.3 Å². The highest BCUT2D eigenvalue weighted by molar-refractivity contribution is 5.53. The summed E-state index contributed by atoms with van der Waals surface area (Å²) >= 11 is 0. The van der Waals surface area contributed by atoms with Gasteiger partial charge in [0.05, 0.1) is 21.3 Å². The van der Waals surface area contributed by atoms with Gasteiger partial charge in [0, 0.05) is 0 Å². The third kappa shape index (κ3) is 3.91. The van der Waals surface area contributed by atoms with E-state index in [-0.39, 0.29) is 0 Å². The predicted octanol–water partition coefficient (Wildman–Crippen LogP) is 3.89. The quantitative estimate of drug-likeness (QED) is 0.773. The van der Waals surface area contributed by atoms with Gasteiger partial charge in [0.25, 0.3) is 0 Å². The van der Waals surface area contributed by atoms with E-state index >= 15 is 0 Å². The van der Waals surface area contributed by atoms with Crippen molar-refractivity contribution in [2.24, 2.45) is 0 Å². The Labute approximate surface area is 126 Å². The highest BCUT2D eigenvalue weighted by atomic mass is 16.5. The minimum absolute atomic E-state index is 0.645. The second kappa shape index (κ2) is 7.58. The summed E-state index contributed by atoms with van der Waals surface area (Å²) in [5, 5.41) is 0. The molecule has 0 saturated heterocycles. The summed E-state index contributed by atoms with van der Waals surface area (Å²) in [4.78, 5) is 0. The van der Waals surface area contributed by atoms with Gasteiger partial charge in [-0.2, -0.15) is 0 Å². The van der Waals surface area contributed by atoms with E-state index in [1.807, 2.05) is 18.2 Å². The number of methoxy groups -OCH3 is 3. The van der Waals surface area contributed by atoms with Gasteiger partial charge in [-0.25, -0.2) is 0 Å². The lowest BCUT2D eigenvalue weighted by molar-refractivity contribution is 0.323. The molecule has 0 spiro atoms. The Morgan fingerprint density at radius 1 is 0.714 bits per heavy atom. The molecule has 3 nitrogen and oxygen atoms in total. The number of hydrogen-bond donors (Lipinski definition) is 0. The predicted molar refractivity (Wildman–Crippen MR) is 84.6 cm³/mol. The summed E-state index contributed by atoms with van der Waals surface area (Å²) in [6.45, 7) is 0. The van der Waals surface area contributed by atoms with Crippen molar-refractivity contribution < 1.29 is 14.2 Å². The SMILES string of the molecule is COc1cc(CCCc2ccccc2)cc(OC)c1OC. The lowest BCUT2D eigenvalue weighted by atomic mass is 10.0. The largest absolute Gasteiger partial charge is 0.493 e. The first-order chi connectivity index (χ1) is 10.3. The maximum Gasteiger partial charge on any atom is 0.203 e. The van der Waals surface area contributed by atoms with Crippen molar-refractivity contribution in [2.75, 3.05) is 21.3 Å². The van der Waals surface area contributed by atoms with Crippen LogP contribution in [0.25, 0.3) is 0 Å². The van der Waals surface area contributed by atoms with Crippen molar-refractivity contribution in [3.63, 3.8) is 0 Å². The second-order valence-corrected chi connectivity index (χ2v) is 4.87. The van der Waals surface area contributed by atoms with E-state index in [9.17, 15) is 0 Å². The van der Waals surface area contributed by atoms with E-state index in [1.165, 1.54) is 11.1 Å². The molecule has 2 aromatic carbocycles. The van der Waals surface area contributed by atoms with Gasteiger partial charge in [-0.05, 0) is 42.5 Å². The molecule has 0 saturated carbocycles. The Bertz CT molecular complexity index is 539. The second-order valence-electron chi connectivity index (χ2n) is 4.87. The van der Waals surface area contributed by atoms with Crippen LogP contribution in [0.1, 0.15) is 17.5 Å². The van der Waals surface area contributed by atoms with E-state index in [0.717, 1.165) is 19.3 Å². The summed E-state index contributed by atoms with van der Waals surface area (Å²) in [7, 11) is 4.91. The van der Waals surface area contributed by atoms with Gasteiger partial charge in [0.15, 0.2) is 11.5 Å². The van der Waals surface area contributed by atoms with E-state index in [1.54, 1.807) is 21.3 Å². The fourth-order valence-electron chi connectivity index (χ4n) is 2.42. The molecule has 0 atom stereocenters. The van der Waals surface area contributed by atoms with Crippen molar-refractivity contribution in [3.05, 3.63) is 53.6 Å². The Kier molecular flexibility index (Phi) is 5.50. The maximum absolute atomic E-state index is 5.38. The minimum Gasteiger partial charge on any atom is -0.493 e. The average Bonchev–Trinajstić information content (AvgIpc) is 2.54. The summed E-state index contributed by atoms with van der Waals surface area (Å²) in [5.41, 5.74) is 2.56. The van der Waals surface area contributed by atoms with Crippen LogP contribution < -0.4 is 14.2 Å². The summed E-state index contributed by atoms with van der Waals surface area (Å²) in [6, 6.07) is 14.6. The van der Waals surface area contributed by atoms with E-state index in [4.69, 9.17) is 14.2 Å². The molecular weight excluding hydrogens is 264 g/mol. The molecule has 112 valence electrons. The maximum atomic E-state index is 5.38. The number of hydrogen-bond acceptors (Lipinski definition) is 3. The molecule has 21 heavy (non-hydrogen) atoms.